The summed E-state index contributed by atoms with van der Waals surface area (Å²) in [4.78, 5) is 14.7. The number of carbonyl (C=O) groups excluding carboxylic acids is 1. The normalized spacial score (nSPS) is 14.3. The molecule has 3 aromatic rings. The number of carbonyl (C=O) groups is 1. The lowest BCUT2D eigenvalue weighted by molar-refractivity contribution is 0.0311. The predicted molar refractivity (Wildman–Crippen MR) is 142 cm³/mol. The highest BCUT2D eigenvalue weighted by Crippen LogP contribution is 2.29. The smallest absolute Gasteiger partial charge is 0.307 e. The number of rotatable bonds is 10. The summed E-state index contributed by atoms with van der Waals surface area (Å²) in [5.41, 5.74) is 6.53. The minimum atomic E-state index is -0.401. The zero-order valence-electron chi connectivity index (χ0n) is 22.0. The summed E-state index contributed by atoms with van der Waals surface area (Å²) in [7, 11) is 1.63. The second-order valence-corrected chi connectivity index (χ2v) is 9.41. The molecule has 1 amide bonds. The van der Waals surface area contributed by atoms with Gasteiger partial charge in [0.1, 0.15) is 23.9 Å². The number of nitrogens with one attached hydrogen (secondary N) is 1. The van der Waals surface area contributed by atoms with Crippen LogP contribution in [0.25, 0.3) is 0 Å². The zero-order valence-corrected chi connectivity index (χ0v) is 22.0. The number of hydrogen-bond acceptors (Lipinski definition) is 7. The fourth-order valence-corrected chi connectivity index (χ4v) is 4.18. The largest absolute Gasteiger partial charge is 0.496 e. The van der Waals surface area contributed by atoms with E-state index in [0.29, 0.717) is 32.3 Å². The van der Waals surface area contributed by atoms with Crippen molar-refractivity contribution in [2.45, 2.75) is 39.8 Å². The van der Waals surface area contributed by atoms with E-state index in [9.17, 15) is 4.79 Å². The van der Waals surface area contributed by atoms with E-state index in [1.165, 1.54) is 0 Å². The Balaban J connectivity index is 1.37. The molecule has 1 aromatic heterocycles. The lowest BCUT2D eigenvalue weighted by atomic mass is 10.0. The molecular weight excluding hydrogens is 470 g/mol. The zero-order chi connectivity index (χ0) is 26.2. The summed E-state index contributed by atoms with van der Waals surface area (Å²) in [6.07, 6.45) is 1.59. The van der Waals surface area contributed by atoms with Gasteiger partial charge in [-0.1, -0.05) is 26.0 Å². The quantitative estimate of drug-likeness (QED) is 0.312. The topological polar surface area (TPSA) is 85.5 Å². The first-order chi connectivity index (χ1) is 17.9. The van der Waals surface area contributed by atoms with Gasteiger partial charge in [-0.15, -0.1) is 0 Å². The minimum absolute atomic E-state index is 0.225. The third-order valence-electron chi connectivity index (χ3n) is 6.23. The van der Waals surface area contributed by atoms with Crippen molar-refractivity contribution in [1.82, 2.24) is 10.3 Å². The lowest BCUT2D eigenvalue weighted by Crippen LogP contribution is -2.35. The van der Waals surface area contributed by atoms with Crippen molar-refractivity contribution in [2.75, 3.05) is 33.4 Å². The molecular formula is C29H35N3O5. The molecule has 1 saturated heterocycles. The number of nitrogens with zero attached hydrogens (tertiary/aromatic N) is 2. The molecule has 4 rings (SSSR count). The van der Waals surface area contributed by atoms with Gasteiger partial charge in [-0.3, -0.25) is 9.69 Å². The van der Waals surface area contributed by atoms with Crippen molar-refractivity contribution in [1.29, 1.82) is 0 Å². The van der Waals surface area contributed by atoms with Crippen LogP contribution in [0.4, 0.5) is 0 Å². The van der Waals surface area contributed by atoms with Gasteiger partial charge in [0.05, 0.1) is 33.1 Å². The van der Waals surface area contributed by atoms with E-state index in [1.807, 2.05) is 24.3 Å². The molecule has 196 valence electrons. The average molecular weight is 506 g/mol. The summed E-state index contributed by atoms with van der Waals surface area (Å²) in [6, 6.07) is 15.4. The van der Waals surface area contributed by atoms with E-state index in [2.05, 4.69) is 54.4 Å². The van der Waals surface area contributed by atoms with Crippen molar-refractivity contribution >= 4 is 12.1 Å². The molecule has 0 unspecified atom stereocenters. The predicted octanol–water partition coefficient (Wildman–Crippen LogP) is 4.90. The molecule has 1 aliphatic heterocycles. The number of hydrogen-bond donors (Lipinski definition) is 1. The molecule has 37 heavy (non-hydrogen) atoms. The Morgan fingerprint density at radius 1 is 1.11 bits per heavy atom. The molecule has 2 heterocycles. The van der Waals surface area contributed by atoms with E-state index in [4.69, 9.17) is 18.6 Å². The number of ether oxygens (including phenoxy) is 3. The Morgan fingerprint density at radius 3 is 2.68 bits per heavy atom. The first kappa shape index (κ1) is 26.4. The van der Waals surface area contributed by atoms with Crippen molar-refractivity contribution < 1.29 is 23.4 Å². The molecule has 0 radical (unpaired) electrons. The molecule has 1 fully saturated rings. The second-order valence-electron chi connectivity index (χ2n) is 9.41. The van der Waals surface area contributed by atoms with Crippen LogP contribution in [0, 0.1) is 6.92 Å². The Morgan fingerprint density at radius 2 is 1.92 bits per heavy atom. The highest BCUT2D eigenvalue weighted by Gasteiger charge is 2.15. The van der Waals surface area contributed by atoms with Gasteiger partial charge in [0, 0.05) is 18.7 Å². The fourth-order valence-electron chi connectivity index (χ4n) is 4.18. The van der Waals surface area contributed by atoms with Crippen molar-refractivity contribution in [3.8, 4) is 11.5 Å². The summed E-state index contributed by atoms with van der Waals surface area (Å²) in [5, 5.41) is 4.11. The highest BCUT2D eigenvalue weighted by atomic mass is 16.5. The van der Waals surface area contributed by atoms with Gasteiger partial charge in [0.25, 0.3) is 0 Å². The summed E-state index contributed by atoms with van der Waals surface area (Å²) in [6.45, 7) is 10.5. The Hall–Kier alpha value is -3.62. The second kappa shape index (κ2) is 12.6. The Labute approximate surface area is 218 Å². The number of aryl methyl sites for hydroxylation is 1. The molecule has 8 heteroatoms. The van der Waals surface area contributed by atoms with Gasteiger partial charge in [-0.05, 0) is 65.9 Å². The van der Waals surface area contributed by atoms with Crippen LogP contribution >= 0.6 is 0 Å². The van der Waals surface area contributed by atoms with E-state index < -0.39 is 5.91 Å². The summed E-state index contributed by atoms with van der Waals surface area (Å²) in [5.74, 6) is 2.51. The lowest BCUT2D eigenvalue weighted by Gasteiger charge is -2.25. The summed E-state index contributed by atoms with van der Waals surface area (Å²) < 4.78 is 22.8. The highest BCUT2D eigenvalue weighted by molar-refractivity contribution is 5.92. The molecule has 1 N–H and O–H groups in total. The number of benzene rings is 2. The average Bonchev–Trinajstić information content (AvgIpc) is 3.36. The van der Waals surface area contributed by atoms with Crippen LogP contribution < -0.4 is 14.9 Å². The van der Waals surface area contributed by atoms with Crippen LogP contribution in [0.3, 0.4) is 0 Å². The fraction of sp³-hybridized carbons (Fsp3) is 0.379. The number of morpholine rings is 1. The monoisotopic (exact) mass is 505 g/mol. The van der Waals surface area contributed by atoms with Gasteiger partial charge in [0.15, 0.2) is 5.76 Å². The molecule has 1 aliphatic rings. The summed E-state index contributed by atoms with van der Waals surface area (Å²) >= 11 is 0. The van der Waals surface area contributed by atoms with E-state index in [0.717, 1.165) is 52.6 Å². The van der Waals surface area contributed by atoms with Crippen molar-refractivity contribution in [3.05, 3.63) is 82.3 Å². The molecule has 2 aromatic carbocycles. The Kier molecular flexibility index (Phi) is 8.98. The van der Waals surface area contributed by atoms with Crippen LogP contribution in [0.2, 0.25) is 0 Å². The Bertz CT molecular complexity index is 1230. The molecule has 0 saturated carbocycles. The van der Waals surface area contributed by atoms with Crippen LogP contribution in [-0.4, -0.2) is 50.4 Å². The van der Waals surface area contributed by atoms with Gasteiger partial charge in [-0.2, -0.15) is 5.10 Å². The minimum Gasteiger partial charge on any atom is -0.496 e. The van der Waals surface area contributed by atoms with E-state index in [-0.39, 0.29) is 5.76 Å². The van der Waals surface area contributed by atoms with E-state index >= 15 is 0 Å². The SMILES string of the molecule is COc1ccc(/C=N/NC(=O)c2ccc(CN3CCOCC3)o2)cc1COc1cc(C)ccc1C(C)C. The third-order valence-corrected chi connectivity index (χ3v) is 6.23. The molecule has 0 atom stereocenters. The standard InChI is InChI=1S/C29H35N3O5/c1-20(2)25-8-5-21(3)15-28(25)36-19-23-16-22(6-9-26(23)34-4)17-30-31-29(33)27-10-7-24(37-27)18-32-11-13-35-14-12-32/h5-10,15-17,20H,11-14,18-19H2,1-4H3,(H,31,33)/b30-17+. The van der Waals surface area contributed by atoms with Crippen LogP contribution in [-0.2, 0) is 17.9 Å². The molecule has 0 bridgehead atoms. The maximum absolute atomic E-state index is 12.5. The third kappa shape index (κ3) is 7.21. The first-order valence-corrected chi connectivity index (χ1v) is 12.6. The maximum Gasteiger partial charge on any atom is 0.307 e. The number of furan rings is 1. The number of methoxy groups -OCH3 is 1. The number of hydrazone groups is 1. The molecule has 0 spiro atoms. The maximum atomic E-state index is 12.5. The van der Waals surface area contributed by atoms with Crippen LogP contribution in [0.5, 0.6) is 11.5 Å². The van der Waals surface area contributed by atoms with Gasteiger partial charge < -0.3 is 18.6 Å². The van der Waals surface area contributed by atoms with Crippen LogP contribution in [0.15, 0.2) is 58.0 Å². The van der Waals surface area contributed by atoms with Gasteiger partial charge in [0.2, 0.25) is 0 Å². The molecule has 0 aliphatic carbocycles. The first-order valence-electron chi connectivity index (χ1n) is 12.6. The van der Waals surface area contributed by atoms with E-state index in [1.54, 1.807) is 19.4 Å². The van der Waals surface area contributed by atoms with Crippen molar-refractivity contribution in [3.63, 3.8) is 0 Å². The van der Waals surface area contributed by atoms with Crippen molar-refractivity contribution in [2.24, 2.45) is 5.10 Å². The van der Waals surface area contributed by atoms with Gasteiger partial charge >= 0.3 is 5.91 Å². The van der Waals surface area contributed by atoms with Gasteiger partial charge in [-0.25, -0.2) is 5.43 Å². The molecule has 8 nitrogen and oxygen atoms in total. The number of amides is 1. The van der Waals surface area contributed by atoms with Crippen LogP contribution in [0.1, 0.15) is 58.3 Å².